The van der Waals surface area contributed by atoms with Gasteiger partial charge < -0.3 is 10.4 Å². The van der Waals surface area contributed by atoms with E-state index in [0.717, 1.165) is 14.9 Å². The smallest absolute Gasteiger partial charge is 0.305 e. The van der Waals surface area contributed by atoms with Crippen molar-refractivity contribution in [3.05, 3.63) is 56.2 Å². The number of carbonyl (C=O) groups is 2. The standard InChI is InChI=1S/C15H14BrNO3S/c1-9-5-10(7-11(16)6-9)15(20)17-12(8-14(18)19)13-3-2-4-21-13/h2-7,12H,8H2,1H3,(H,17,20)(H,18,19). The first-order valence-electron chi connectivity index (χ1n) is 6.29. The quantitative estimate of drug-likeness (QED) is 0.845. The monoisotopic (exact) mass is 367 g/mol. The van der Waals surface area contributed by atoms with E-state index in [1.54, 1.807) is 12.1 Å². The molecule has 1 atom stereocenters. The van der Waals surface area contributed by atoms with Crippen molar-refractivity contribution in [1.82, 2.24) is 5.32 Å². The van der Waals surface area contributed by atoms with Crippen molar-refractivity contribution in [3.63, 3.8) is 0 Å². The van der Waals surface area contributed by atoms with Crippen LogP contribution in [0.1, 0.15) is 33.3 Å². The van der Waals surface area contributed by atoms with Crippen molar-refractivity contribution in [3.8, 4) is 0 Å². The van der Waals surface area contributed by atoms with Crippen LogP contribution in [0.5, 0.6) is 0 Å². The van der Waals surface area contributed by atoms with E-state index in [1.807, 2.05) is 30.5 Å². The molecule has 4 nitrogen and oxygen atoms in total. The molecule has 2 aromatic rings. The summed E-state index contributed by atoms with van der Waals surface area (Å²) in [5.41, 5.74) is 1.47. The summed E-state index contributed by atoms with van der Waals surface area (Å²) in [5.74, 6) is -1.22. The Hall–Kier alpha value is -1.66. The Morgan fingerprint density at radius 3 is 2.71 bits per heavy atom. The van der Waals surface area contributed by atoms with E-state index in [0.29, 0.717) is 5.56 Å². The first kappa shape index (κ1) is 15.7. The molecule has 1 amide bonds. The number of benzene rings is 1. The minimum absolute atomic E-state index is 0.140. The molecule has 110 valence electrons. The van der Waals surface area contributed by atoms with Gasteiger partial charge in [-0.25, -0.2) is 0 Å². The first-order chi connectivity index (χ1) is 9.95. The number of hydrogen-bond donors (Lipinski definition) is 2. The van der Waals surface area contributed by atoms with Crippen molar-refractivity contribution in [1.29, 1.82) is 0 Å². The van der Waals surface area contributed by atoms with Crippen LogP contribution in [-0.2, 0) is 4.79 Å². The van der Waals surface area contributed by atoms with Crippen molar-refractivity contribution in [2.45, 2.75) is 19.4 Å². The van der Waals surface area contributed by atoms with Crippen LogP contribution in [0.3, 0.4) is 0 Å². The molecular formula is C15H14BrNO3S. The number of carbonyl (C=O) groups excluding carboxylic acids is 1. The largest absolute Gasteiger partial charge is 0.481 e. The van der Waals surface area contributed by atoms with Gasteiger partial charge in [0.15, 0.2) is 0 Å². The summed E-state index contributed by atoms with van der Waals surface area (Å²) in [6.45, 7) is 1.90. The minimum Gasteiger partial charge on any atom is -0.481 e. The Bertz CT molecular complexity index is 635. The summed E-state index contributed by atoms with van der Waals surface area (Å²) in [6, 6.07) is 8.54. The van der Waals surface area contributed by atoms with Crippen LogP contribution in [0.4, 0.5) is 0 Å². The molecule has 0 radical (unpaired) electrons. The highest BCUT2D eigenvalue weighted by Crippen LogP contribution is 2.23. The molecule has 1 aromatic carbocycles. The highest BCUT2D eigenvalue weighted by molar-refractivity contribution is 9.10. The molecule has 0 saturated heterocycles. The second-order valence-corrected chi connectivity index (χ2v) is 6.55. The second-order valence-electron chi connectivity index (χ2n) is 4.66. The van der Waals surface area contributed by atoms with Crippen LogP contribution in [0, 0.1) is 6.92 Å². The van der Waals surface area contributed by atoms with Crippen molar-refractivity contribution in [2.24, 2.45) is 0 Å². The number of aliphatic carboxylic acids is 1. The summed E-state index contributed by atoms with van der Waals surface area (Å²) in [7, 11) is 0. The van der Waals surface area contributed by atoms with Gasteiger partial charge in [0.05, 0.1) is 12.5 Å². The lowest BCUT2D eigenvalue weighted by molar-refractivity contribution is -0.137. The molecule has 0 aliphatic rings. The molecule has 0 bridgehead atoms. The van der Waals surface area contributed by atoms with Crippen LogP contribution >= 0.6 is 27.3 Å². The number of nitrogens with one attached hydrogen (secondary N) is 1. The van der Waals surface area contributed by atoms with Crippen molar-refractivity contribution >= 4 is 39.1 Å². The summed E-state index contributed by atoms with van der Waals surface area (Å²) in [5, 5.41) is 13.7. The normalized spacial score (nSPS) is 11.9. The second kappa shape index (κ2) is 6.87. The molecular weight excluding hydrogens is 354 g/mol. The molecule has 1 unspecified atom stereocenters. The van der Waals surface area contributed by atoms with E-state index >= 15 is 0 Å². The third-order valence-corrected chi connectivity index (χ3v) is 4.32. The molecule has 0 spiro atoms. The fraction of sp³-hybridized carbons (Fsp3) is 0.200. The topological polar surface area (TPSA) is 66.4 Å². The Morgan fingerprint density at radius 2 is 2.14 bits per heavy atom. The SMILES string of the molecule is Cc1cc(Br)cc(C(=O)NC(CC(=O)O)c2cccs2)c1. The number of aryl methyl sites for hydroxylation is 1. The number of hydrogen-bond acceptors (Lipinski definition) is 3. The maximum atomic E-state index is 12.3. The van der Waals surface area contributed by atoms with E-state index in [4.69, 9.17) is 5.11 Å². The number of carboxylic acid groups (broad SMARTS) is 1. The fourth-order valence-electron chi connectivity index (χ4n) is 2.00. The van der Waals surface area contributed by atoms with Crippen molar-refractivity contribution in [2.75, 3.05) is 0 Å². The Morgan fingerprint density at radius 1 is 1.38 bits per heavy atom. The Balaban J connectivity index is 2.19. The summed E-state index contributed by atoms with van der Waals surface area (Å²) >= 11 is 4.78. The maximum Gasteiger partial charge on any atom is 0.305 e. The zero-order valence-electron chi connectivity index (χ0n) is 11.3. The van der Waals surface area contributed by atoms with Gasteiger partial charge in [0.25, 0.3) is 5.91 Å². The molecule has 0 aliphatic carbocycles. The predicted octanol–water partition coefficient (Wildman–Crippen LogP) is 3.76. The zero-order chi connectivity index (χ0) is 15.4. The summed E-state index contributed by atoms with van der Waals surface area (Å²) in [4.78, 5) is 24.1. The lowest BCUT2D eigenvalue weighted by Gasteiger charge is -2.16. The number of halogens is 1. The van der Waals surface area contributed by atoms with Gasteiger partial charge >= 0.3 is 5.97 Å². The molecule has 2 N–H and O–H groups in total. The zero-order valence-corrected chi connectivity index (χ0v) is 13.7. The average molecular weight is 368 g/mol. The molecule has 0 saturated carbocycles. The fourth-order valence-corrected chi connectivity index (χ4v) is 3.38. The van der Waals surface area contributed by atoms with Crippen LogP contribution in [-0.4, -0.2) is 17.0 Å². The van der Waals surface area contributed by atoms with Crippen molar-refractivity contribution < 1.29 is 14.7 Å². The maximum absolute atomic E-state index is 12.3. The van der Waals surface area contributed by atoms with Gasteiger partial charge in [-0.05, 0) is 42.1 Å². The lowest BCUT2D eigenvalue weighted by Crippen LogP contribution is -2.29. The predicted molar refractivity (Wildman–Crippen MR) is 85.7 cm³/mol. The molecule has 21 heavy (non-hydrogen) atoms. The first-order valence-corrected chi connectivity index (χ1v) is 7.96. The van der Waals surface area contributed by atoms with Gasteiger partial charge in [-0.15, -0.1) is 11.3 Å². The molecule has 1 aromatic heterocycles. The molecule has 6 heteroatoms. The average Bonchev–Trinajstić information content (AvgIpc) is 2.89. The highest BCUT2D eigenvalue weighted by Gasteiger charge is 2.20. The van der Waals surface area contributed by atoms with Crippen LogP contribution < -0.4 is 5.32 Å². The molecule has 0 fully saturated rings. The number of thiophene rings is 1. The third-order valence-electron chi connectivity index (χ3n) is 2.88. The van der Waals surface area contributed by atoms with E-state index < -0.39 is 12.0 Å². The van der Waals surface area contributed by atoms with E-state index in [1.165, 1.54) is 11.3 Å². The third kappa shape index (κ3) is 4.41. The molecule has 2 rings (SSSR count). The van der Waals surface area contributed by atoms with Crippen LogP contribution in [0.25, 0.3) is 0 Å². The summed E-state index contributed by atoms with van der Waals surface area (Å²) in [6.07, 6.45) is -0.140. The Labute approximate surface area is 134 Å². The molecule has 1 heterocycles. The van der Waals surface area contributed by atoms with Crippen LogP contribution in [0.15, 0.2) is 40.2 Å². The van der Waals surface area contributed by atoms with E-state index in [9.17, 15) is 9.59 Å². The van der Waals surface area contributed by atoms with Gasteiger partial charge in [-0.3, -0.25) is 9.59 Å². The van der Waals surface area contributed by atoms with Gasteiger partial charge in [0, 0.05) is 14.9 Å². The van der Waals surface area contributed by atoms with E-state index in [-0.39, 0.29) is 12.3 Å². The number of amides is 1. The van der Waals surface area contributed by atoms with E-state index in [2.05, 4.69) is 21.2 Å². The van der Waals surface area contributed by atoms with Crippen LogP contribution in [0.2, 0.25) is 0 Å². The van der Waals surface area contributed by atoms with Gasteiger partial charge in [-0.1, -0.05) is 22.0 Å². The van der Waals surface area contributed by atoms with Gasteiger partial charge in [0.2, 0.25) is 0 Å². The number of carboxylic acids is 1. The Kier molecular flexibility index (Phi) is 5.14. The molecule has 0 aliphatic heterocycles. The number of rotatable bonds is 5. The summed E-state index contributed by atoms with van der Waals surface area (Å²) < 4.78 is 0.818. The van der Waals surface area contributed by atoms with Gasteiger partial charge in [0.1, 0.15) is 0 Å². The highest BCUT2D eigenvalue weighted by atomic mass is 79.9. The van der Waals surface area contributed by atoms with Gasteiger partial charge in [-0.2, -0.15) is 0 Å². The minimum atomic E-state index is -0.945. The lowest BCUT2D eigenvalue weighted by atomic mass is 10.1.